The second-order valence-corrected chi connectivity index (χ2v) is 8.75. The number of rotatable bonds is 4. The van der Waals surface area contributed by atoms with Crippen LogP contribution in [0.3, 0.4) is 0 Å². The second-order valence-electron chi connectivity index (χ2n) is 6.85. The van der Waals surface area contributed by atoms with Crippen LogP contribution >= 0.6 is 0 Å². The quantitative estimate of drug-likeness (QED) is 0.720. The molecule has 0 atom stereocenters. The first-order valence-corrected chi connectivity index (χ1v) is 10.9. The van der Waals surface area contributed by atoms with Crippen molar-refractivity contribution in [2.24, 2.45) is 0 Å². The van der Waals surface area contributed by atoms with Crippen molar-refractivity contribution in [1.82, 2.24) is 14.5 Å². The zero-order valence-electron chi connectivity index (χ0n) is 15.9. The fourth-order valence-corrected chi connectivity index (χ4v) is 5.09. The Balaban J connectivity index is 1.42. The molecule has 4 rings (SSSR count). The van der Waals surface area contributed by atoms with E-state index in [0.29, 0.717) is 39.4 Å². The summed E-state index contributed by atoms with van der Waals surface area (Å²) >= 11 is 0. The van der Waals surface area contributed by atoms with Crippen LogP contribution in [0.15, 0.2) is 41.3 Å². The molecule has 2 fully saturated rings. The lowest BCUT2D eigenvalue weighted by Gasteiger charge is -2.34. The maximum absolute atomic E-state index is 12.9. The molecule has 1 aromatic heterocycles. The summed E-state index contributed by atoms with van der Waals surface area (Å²) in [7, 11) is -3.70. The predicted octanol–water partition coefficient (Wildman–Crippen LogP) is 0.696. The summed E-state index contributed by atoms with van der Waals surface area (Å²) in [5.74, 6) is 1.56. The molecule has 10 heteroatoms. The van der Waals surface area contributed by atoms with Crippen molar-refractivity contribution in [2.75, 3.05) is 62.3 Å². The van der Waals surface area contributed by atoms with E-state index in [9.17, 15) is 13.7 Å². The number of sulfonamides is 1. The van der Waals surface area contributed by atoms with E-state index >= 15 is 0 Å². The van der Waals surface area contributed by atoms with E-state index in [2.05, 4.69) is 15.1 Å². The van der Waals surface area contributed by atoms with E-state index in [1.54, 1.807) is 12.1 Å². The highest BCUT2D eigenvalue weighted by atomic mass is 32.2. The molecule has 3 heterocycles. The molecule has 2 aliphatic heterocycles. The van der Waals surface area contributed by atoms with Crippen molar-refractivity contribution in [3.05, 3.63) is 42.0 Å². The zero-order chi connectivity index (χ0) is 20.3. The second kappa shape index (κ2) is 8.32. The van der Waals surface area contributed by atoms with Crippen LogP contribution in [-0.4, -0.2) is 75.4 Å². The minimum atomic E-state index is -3.70. The smallest absolute Gasteiger partial charge is 0.244 e. The molecular formula is C19H22N6O3S. The van der Waals surface area contributed by atoms with Gasteiger partial charge in [-0.05, 0) is 24.3 Å². The standard InChI is InChI=1S/C19H22N6O3S/c20-15-16-3-1-2-4-17(16)29(26,27)25-9-7-23(8-10-25)18-5-6-19(22-21-18)24-11-13-28-14-12-24/h1-6H,7-14H2. The number of anilines is 2. The molecule has 2 aromatic rings. The Kier molecular flexibility index (Phi) is 5.62. The molecule has 152 valence electrons. The molecule has 2 aliphatic rings. The molecule has 0 aliphatic carbocycles. The lowest BCUT2D eigenvalue weighted by molar-refractivity contribution is 0.122. The number of ether oxygens (including phenoxy) is 1. The van der Waals surface area contributed by atoms with Crippen LogP contribution in [0, 0.1) is 11.3 Å². The van der Waals surface area contributed by atoms with Crippen LogP contribution in [0.2, 0.25) is 0 Å². The monoisotopic (exact) mass is 414 g/mol. The zero-order valence-corrected chi connectivity index (χ0v) is 16.8. The summed E-state index contributed by atoms with van der Waals surface area (Å²) in [6, 6.07) is 12.1. The molecule has 2 saturated heterocycles. The number of morpholine rings is 1. The molecular weight excluding hydrogens is 392 g/mol. The highest BCUT2D eigenvalue weighted by Gasteiger charge is 2.30. The molecule has 9 nitrogen and oxygen atoms in total. The predicted molar refractivity (Wildman–Crippen MR) is 107 cm³/mol. The first-order valence-electron chi connectivity index (χ1n) is 9.50. The van der Waals surface area contributed by atoms with Crippen LogP contribution in [-0.2, 0) is 14.8 Å². The fourth-order valence-electron chi connectivity index (χ4n) is 3.53. The van der Waals surface area contributed by atoms with Crippen molar-refractivity contribution in [3.8, 4) is 6.07 Å². The van der Waals surface area contributed by atoms with E-state index in [1.807, 2.05) is 23.1 Å². The normalized spacial score (nSPS) is 18.4. The third kappa shape index (κ3) is 4.03. The van der Waals surface area contributed by atoms with Gasteiger partial charge in [-0.1, -0.05) is 12.1 Å². The molecule has 0 unspecified atom stereocenters. The van der Waals surface area contributed by atoms with Gasteiger partial charge in [0.1, 0.15) is 6.07 Å². The Morgan fingerprint density at radius 1 is 0.862 bits per heavy atom. The third-order valence-electron chi connectivity index (χ3n) is 5.16. The molecule has 0 spiro atoms. The van der Waals surface area contributed by atoms with Crippen molar-refractivity contribution >= 4 is 21.7 Å². The maximum Gasteiger partial charge on any atom is 0.244 e. The SMILES string of the molecule is N#Cc1ccccc1S(=O)(=O)N1CCN(c2ccc(N3CCOCC3)nn2)CC1. The van der Waals surface area contributed by atoms with Gasteiger partial charge in [-0.3, -0.25) is 0 Å². The average Bonchev–Trinajstić information content (AvgIpc) is 2.80. The van der Waals surface area contributed by atoms with Crippen LogP contribution < -0.4 is 9.80 Å². The van der Waals surface area contributed by atoms with Crippen molar-refractivity contribution in [3.63, 3.8) is 0 Å². The number of piperazine rings is 1. The van der Waals surface area contributed by atoms with E-state index in [-0.39, 0.29) is 10.5 Å². The first kappa shape index (κ1) is 19.6. The van der Waals surface area contributed by atoms with Crippen molar-refractivity contribution in [2.45, 2.75) is 4.90 Å². The van der Waals surface area contributed by atoms with Crippen molar-refractivity contribution in [1.29, 1.82) is 5.26 Å². The van der Waals surface area contributed by atoms with Gasteiger partial charge in [-0.2, -0.15) is 9.57 Å². The Bertz CT molecular complexity index is 991. The molecule has 0 N–H and O–H groups in total. The highest BCUT2D eigenvalue weighted by molar-refractivity contribution is 7.89. The Morgan fingerprint density at radius 2 is 1.45 bits per heavy atom. The summed E-state index contributed by atoms with van der Waals surface area (Å²) in [6.07, 6.45) is 0. The number of nitrogens with zero attached hydrogens (tertiary/aromatic N) is 6. The third-order valence-corrected chi connectivity index (χ3v) is 7.12. The summed E-state index contributed by atoms with van der Waals surface area (Å²) in [4.78, 5) is 4.22. The van der Waals surface area contributed by atoms with Gasteiger partial charge in [0, 0.05) is 39.3 Å². The van der Waals surface area contributed by atoms with Crippen LogP contribution in [0.5, 0.6) is 0 Å². The molecule has 0 amide bonds. The lowest BCUT2D eigenvalue weighted by Crippen LogP contribution is -2.49. The van der Waals surface area contributed by atoms with Gasteiger partial charge in [0.05, 0.1) is 23.7 Å². The summed E-state index contributed by atoms with van der Waals surface area (Å²) in [6.45, 7) is 4.66. The minimum Gasteiger partial charge on any atom is -0.378 e. The summed E-state index contributed by atoms with van der Waals surface area (Å²) < 4.78 is 32.7. The Labute approximate surface area is 170 Å². The molecule has 0 saturated carbocycles. The van der Waals surface area contributed by atoms with Crippen LogP contribution in [0.1, 0.15) is 5.56 Å². The number of hydrogen-bond donors (Lipinski definition) is 0. The first-order chi connectivity index (χ1) is 14.1. The number of benzene rings is 1. The number of aromatic nitrogens is 2. The van der Waals surface area contributed by atoms with E-state index < -0.39 is 10.0 Å². The van der Waals surface area contributed by atoms with Gasteiger partial charge < -0.3 is 14.5 Å². The van der Waals surface area contributed by atoms with Gasteiger partial charge in [0.25, 0.3) is 0 Å². The average molecular weight is 414 g/mol. The fraction of sp³-hybridized carbons (Fsp3) is 0.421. The van der Waals surface area contributed by atoms with E-state index in [4.69, 9.17) is 4.74 Å². The minimum absolute atomic E-state index is 0.0607. The summed E-state index contributed by atoms with van der Waals surface area (Å²) in [5.41, 5.74) is 0.166. The van der Waals surface area contributed by atoms with Crippen LogP contribution in [0.25, 0.3) is 0 Å². The highest BCUT2D eigenvalue weighted by Crippen LogP contribution is 2.23. The van der Waals surface area contributed by atoms with Gasteiger partial charge >= 0.3 is 0 Å². The Morgan fingerprint density at radius 3 is 2.03 bits per heavy atom. The molecule has 29 heavy (non-hydrogen) atoms. The van der Waals surface area contributed by atoms with Gasteiger partial charge in [-0.15, -0.1) is 10.2 Å². The van der Waals surface area contributed by atoms with Gasteiger partial charge in [-0.25, -0.2) is 8.42 Å². The number of hydrogen-bond acceptors (Lipinski definition) is 8. The topological polar surface area (TPSA) is 103 Å². The molecule has 0 radical (unpaired) electrons. The molecule has 1 aromatic carbocycles. The number of nitriles is 1. The largest absolute Gasteiger partial charge is 0.378 e. The van der Waals surface area contributed by atoms with E-state index in [1.165, 1.54) is 16.4 Å². The molecule has 0 bridgehead atoms. The van der Waals surface area contributed by atoms with E-state index in [0.717, 1.165) is 24.7 Å². The maximum atomic E-state index is 12.9. The Hall–Kier alpha value is -2.74. The van der Waals surface area contributed by atoms with Crippen LogP contribution in [0.4, 0.5) is 11.6 Å². The van der Waals surface area contributed by atoms with Gasteiger partial charge in [0.2, 0.25) is 10.0 Å². The van der Waals surface area contributed by atoms with Gasteiger partial charge in [0.15, 0.2) is 11.6 Å². The summed E-state index contributed by atoms with van der Waals surface area (Å²) in [5, 5.41) is 17.9. The van der Waals surface area contributed by atoms with Crippen molar-refractivity contribution < 1.29 is 13.2 Å². The lowest BCUT2D eigenvalue weighted by atomic mass is 10.2.